The van der Waals surface area contributed by atoms with E-state index in [1.54, 1.807) is 0 Å². The van der Waals surface area contributed by atoms with E-state index >= 15 is 0 Å². The highest BCUT2D eigenvalue weighted by Crippen LogP contribution is 2.16. The Kier molecular flexibility index (Phi) is 35.5. The van der Waals surface area contributed by atoms with Crippen LogP contribution in [0.15, 0.2) is 0 Å². The van der Waals surface area contributed by atoms with Crippen molar-refractivity contribution in [1.82, 2.24) is 0 Å². The van der Waals surface area contributed by atoms with Crippen LogP contribution in [0.25, 0.3) is 0 Å². The zero-order valence-corrected chi connectivity index (χ0v) is 30.3. The van der Waals surface area contributed by atoms with E-state index in [1.165, 1.54) is 154 Å². The van der Waals surface area contributed by atoms with Gasteiger partial charge in [0.15, 0.2) is 0 Å². The molecule has 0 aromatic rings. The third-order valence-electron chi connectivity index (χ3n) is 9.08. The van der Waals surface area contributed by atoms with Crippen LogP contribution in [0.2, 0.25) is 0 Å². The van der Waals surface area contributed by atoms with Crippen LogP contribution in [0.5, 0.6) is 0 Å². The first-order valence-electron chi connectivity index (χ1n) is 20.0. The van der Waals surface area contributed by atoms with Gasteiger partial charge in [-0.3, -0.25) is 9.59 Å². The molecule has 0 rings (SSSR count). The van der Waals surface area contributed by atoms with E-state index in [-0.39, 0.29) is 24.6 Å². The summed E-state index contributed by atoms with van der Waals surface area (Å²) in [7, 11) is 0. The molecule has 0 N–H and O–H groups in total. The smallest absolute Gasteiger partial charge is 0.306 e. The molecule has 0 fully saturated rings. The van der Waals surface area contributed by atoms with E-state index in [4.69, 9.17) is 9.47 Å². The maximum atomic E-state index is 12.6. The van der Waals surface area contributed by atoms with Gasteiger partial charge in [-0.1, -0.05) is 194 Å². The van der Waals surface area contributed by atoms with Gasteiger partial charge in [-0.15, -0.1) is 0 Å². The van der Waals surface area contributed by atoms with Crippen LogP contribution < -0.4 is 0 Å². The lowest BCUT2D eigenvalue weighted by Gasteiger charge is -2.18. The first-order chi connectivity index (χ1) is 21.6. The minimum absolute atomic E-state index is 0.119. The summed E-state index contributed by atoms with van der Waals surface area (Å²) in [5.74, 6) is -0.254. The molecule has 44 heavy (non-hydrogen) atoms. The minimum atomic E-state index is -0.295. The molecule has 4 heteroatoms. The van der Waals surface area contributed by atoms with Gasteiger partial charge in [-0.05, 0) is 25.7 Å². The van der Waals surface area contributed by atoms with Crippen molar-refractivity contribution in [3.63, 3.8) is 0 Å². The normalized spacial score (nSPS) is 12.0. The summed E-state index contributed by atoms with van der Waals surface area (Å²) in [5.41, 5.74) is 0. The van der Waals surface area contributed by atoms with Gasteiger partial charge >= 0.3 is 11.9 Å². The molecule has 0 saturated carbocycles. The molecule has 0 amide bonds. The Balaban J connectivity index is 4.13. The Labute approximate surface area is 276 Å². The fraction of sp³-hybridized carbons (Fsp3) is 0.950. The third kappa shape index (κ3) is 33.8. The molecule has 0 aliphatic heterocycles. The molecule has 0 aliphatic rings. The fourth-order valence-electron chi connectivity index (χ4n) is 6.05. The van der Waals surface area contributed by atoms with Crippen molar-refractivity contribution >= 4 is 11.9 Å². The van der Waals surface area contributed by atoms with E-state index in [2.05, 4.69) is 20.8 Å². The summed E-state index contributed by atoms with van der Waals surface area (Å²) in [6.45, 7) is 7.01. The summed E-state index contributed by atoms with van der Waals surface area (Å²) in [4.78, 5) is 25.0. The van der Waals surface area contributed by atoms with Crippen LogP contribution in [0, 0.1) is 0 Å². The monoisotopic (exact) mass is 623 g/mol. The number of carbonyl (C=O) groups is 2. The van der Waals surface area contributed by atoms with Crippen LogP contribution >= 0.6 is 0 Å². The van der Waals surface area contributed by atoms with Crippen molar-refractivity contribution in [1.29, 1.82) is 0 Å². The topological polar surface area (TPSA) is 52.6 Å². The Morgan fingerprint density at radius 3 is 1.05 bits per heavy atom. The first-order valence-corrected chi connectivity index (χ1v) is 20.0. The average molecular weight is 623 g/mol. The van der Waals surface area contributed by atoms with Crippen molar-refractivity contribution in [2.75, 3.05) is 6.61 Å². The molecule has 0 radical (unpaired) electrons. The molecule has 1 unspecified atom stereocenters. The minimum Gasteiger partial charge on any atom is -0.462 e. The first kappa shape index (κ1) is 42.9. The van der Waals surface area contributed by atoms with E-state index in [0.717, 1.165) is 44.9 Å². The van der Waals surface area contributed by atoms with Crippen LogP contribution in [0.3, 0.4) is 0 Å². The molecule has 262 valence electrons. The molecular formula is C40H78O4. The van der Waals surface area contributed by atoms with Gasteiger partial charge in [0.1, 0.15) is 12.7 Å². The highest BCUT2D eigenvalue weighted by Gasteiger charge is 2.17. The maximum Gasteiger partial charge on any atom is 0.306 e. The van der Waals surface area contributed by atoms with E-state index in [0.29, 0.717) is 12.8 Å². The van der Waals surface area contributed by atoms with E-state index in [1.807, 2.05) is 0 Å². The molecule has 4 nitrogen and oxygen atoms in total. The summed E-state index contributed by atoms with van der Waals surface area (Å²) >= 11 is 0. The lowest BCUT2D eigenvalue weighted by molar-refractivity contribution is -0.159. The zero-order valence-electron chi connectivity index (χ0n) is 30.3. The molecule has 0 bridgehead atoms. The van der Waals surface area contributed by atoms with Crippen molar-refractivity contribution < 1.29 is 19.1 Å². The lowest BCUT2D eigenvalue weighted by atomic mass is 10.0. The van der Waals surface area contributed by atoms with Crippen molar-refractivity contribution in [3.05, 3.63) is 0 Å². The maximum absolute atomic E-state index is 12.6. The Bertz CT molecular complexity index is 590. The number of ether oxygens (including phenoxy) is 2. The molecule has 0 aromatic heterocycles. The quantitative estimate of drug-likeness (QED) is 0.0515. The second kappa shape index (κ2) is 36.4. The number of hydrogen-bond donors (Lipinski definition) is 0. The van der Waals surface area contributed by atoms with Crippen LogP contribution in [-0.2, 0) is 19.1 Å². The third-order valence-corrected chi connectivity index (χ3v) is 9.08. The molecule has 0 spiro atoms. The summed E-state index contributed by atoms with van der Waals surface area (Å²) in [6, 6.07) is 0. The molecule has 0 saturated heterocycles. The van der Waals surface area contributed by atoms with Gasteiger partial charge in [0.05, 0.1) is 0 Å². The second-order valence-electron chi connectivity index (χ2n) is 13.6. The van der Waals surface area contributed by atoms with Crippen molar-refractivity contribution in [2.45, 2.75) is 239 Å². The van der Waals surface area contributed by atoms with Crippen molar-refractivity contribution in [3.8, 4) is 0 Å². The number of unbranched alkanes of at least 4 members (excludes halogenated alkanes) is 27. The number of carbonyl (C=O) groups excluding carboxylic acids is 2. The Hall–Kier alpha value is -1.06. The summed E-state index contributed by atoms with van der Waals surface area (Å²) in [5, 5.41) is 0. The molecule has 0 heterocycles. The zero-order chi connectivity index (χ0) is 32.2. The standard InChI is InChI=1S/C40H78O4/c1-4-7-10-13-16-19-21-23-26-29-32-35-39(41)43-37-38(34-31-28-25-18-15-12-9-6-3)44-40(42)36-33-30-27-24-22-20-17-14-11-8-5-2/h38H,4-37H2,1-3H3. The summed E-state index contributed by atoms with van der Waals surface area (Å²) in [6.07, 6.45) is 39.4. The van der Waals surface area contributed by atoms with Crippen LogP contribution in [0.1, 0.15) is 233 Å². The number of rotatable bonds is 36. The second-order valence-corrected chi connectivity index (χ2v) is 13.6. The molecular weight excluding hydrogens is 544 g/mol. The molecule has 1 atom stereocenters. The highest BCUT2D eigenvalue weighted by molar-refractivity contribution is 5.70. The van der Waals surface area contributed by atoms with Crippen LogP contribution in [0.4, 0.5) is 0 Å². The summed E-state index contributed by atoms with van der Waals surface area (Å²) < 4.78 is 11.5. The Morgan fingerprint density at radius 1 is 0.386 bits per heavy atom. The Morgan fingerprint density at radius 2 is 0.682 bits per heavy atom. The van der Waals surface area contributed by atoms with Gasteiger partial charge in [0, 0.05) is 12.8 Å². The largest absolute Gasteiger partial charge is 0.462 e. The number of esters is 2. The SMILES string of the molecule is CCCCCCCCCCCCCC(=O)OCC(CCCCCCCCCC)OC(=O)CCCCCCCCCCCCC. The van der Waals surface area contributed by atoms with Crippen LogP contribution in [-0.4, -0.2) is 24.6 Å². The average Bonchev–Trinajstić information content (AvgIpc) is 3.02. The molecule has 0 aromatic carbocycles. The molecule has 0 aliphatic carbocycles. The van der Waals surface area contributed by atoms with Gasteiger partial charge in [-0.25, -0.2) is 0 Å². The lowest BCUT2D eigenvalue weighted by Crippen LogP contribution is -2.25. The number of hydrogen-bond acceptors (Lipinski definition) is 4. The van der Waals surface area contributed by atoms with E-state index < -0.39 is 0 Å². The highest BCUT2D eigenvalue weighted by atomic mass is 16.6. The fourth-order valence-corrected chi connectivity index (χ4v) is 6.05. The predicted octanol–water partition coefficient (Wildman–Crippen LogP) is 13.4. The predicted molar refractivity (Wildman–Crippen MR) is 190 cm³/mol. The van der Waals surface area contributed by atoms with Gasteiger partial charge < -0.3 is 9.47 Å². The van der Waals surface area contributed by atoms with Gasteiger partial charge in [0.25, 0.3) is 0 Å². The van der Waals surface area contributed by atoms with E-state index in [9.17, 15) is 9.59 Å². The van der Waals surface area contributed by atoms with Gasteiger partial charge in [-0.2, -0.15) is 0 Å². The van der Waals surface area contributed by atoms with Crippen molar-refractivity contribution in [2.24, 2.45) is 0 Å². The van der Waals surface area contributed by atoms with Gasteiger partial charge in [0.2, 0.25) is 0 Å².